The predicted molar refractivity (Wildman–Crippen MR) is 102 cm³/mol. The second-order valence-corrected chi connectivity index (χ2v) is 6.43. The van der Waals surface area contributed by atoms with Crippen LogP contribution < -0.4 is 11.1 Å². The number of aliphatic hydroxyl groups is 2. The molecule has 0 aliphatic carbocycles. The maximum atomic E-state index is 12.3. The van der Waals surface area contributed by atoms with Crippen LogP contribution in [0.5, 0.6) is 0 Å². The van der Waals surface area contributed by atoms with E-state index in [1.807, 2.05) is 0 Å². The molecule has 0 bridgehead atoms. The molecule has 1 aromatic rings. The van der Waals surface area contributed by atoms with Gasteiger partial charge in [0, 0.05) is 16.7 Å². The van der Waals surface area contributed by atoms with Gasteiger partial charge in [0.1, 0.15) is 6.04 Å². The topological polar surface area (TPSA) is 133 Å². The number of aliphatic carboxylic acids is 1. The van der Waals surface area contributed by atoms with Crippen LogP contribution in [0.2, 0.25) is 0 Å². The van der Waals surface area contributed by atoms with Crippen LogP contribution in [0.15, 0.2) is 36.4 Å². The number of nitrogens with two attached hydrogens (primary N) is 1. The Morgan fingerprint density at radius 3 is 2.48 bits per heavy atom. The summed E-state index contributed by atoms with van der Waals surface area (Å²) in [5, 5.41) is 29.7. The lowest BCUT2D eigenvalue weighted by molar-refractivity contribution is -0.141. The zero-order chi connectivity index (χ0) is 20.4. The number of benzene rings is 1. The van der Waals surface area contributed by atoms with Gasteiger partial charge in [-0.15, -0.1) is 0 Å². The Morgan fingerprint density at radius 2 is 1.96 bits per heavy atom. The summed E-state index contributed by atoms with van der Waals surface area (Å²) in [6, 6.07) is 5.20. The van der Waals surface area contributed by atoms with Crippen LogP contribution in [0.4, 0.5) is 0 Å². The van der Waals surface area contributed by atoms with Gasteiger partial charge >= 0.3 is 5.97 Å². The fourth-order valence-corrected chi connectivity index (χ4v) is 2.12. The molecule has 0 fully saturated rings. The first-order valence-corrected chi connectivity index (χ1v) is 8.59. The number of allylic oxidation sites excluding steroid dienone is 1. The second-order valence-electron chi connectivity index (χ2n) is 6.43. The molecule has 0 saturated heterocycles. The zero-order valence-electron chi connectivity index (χ0n) is 15.5. The predicted octanol–water partition coefficient (Wildman–Crippen LogP) is 0.648. The highest BCUT2D eigenvalue weighted by atomic mass is 16.4. The number of rotatable bonds is 8. The summed E-state index contributed by atoms with van der Waals surface area (Å²) < 4.78 is 0. The van der Waals surface area contributed by atoms with Crippen LogP contribution in [-0.2, 0) is 4.79 Å². The maximum absolute atomic E-state index is 12.3. The van der Waals surface area contributed by atoms with Gasteiger partial charge in [0.05, 0.1) is 12.7 Å². The molecular weight excluding hydrogens is 348 g/mol. The Balaban J connectivity index is 2.76. The quantitative estimate of drug-likeness (QED) is 0.424. The minimum Gasteiger partial charge on any atom is -0.480 e. The SMILES string of the molecule is CCC(C)(N)[C@H](NC(=O)c1ccc(C#C/C=C/CC(O)CO)cc1)C(=O)O. The number of amides is 1. The monoisotopic (exact) mass is 374 g/mol. The summed E-state index contributed by atoms with van der Waals surface area (Å²) in [7, 11) is 0. The Morgan fingerprint density at radius 1 is 1.33 bits per heavy atom. The van der Waals surface area contributed by atoms with Crippen molar-refractivity contribution >= 4 is 11.9 Å². The number of carboxylic acid groups (broad SMARTS) is 1. The molecule has 0 spiro atoms. The van der Waals surface area contributed by atoms with Crippen molar-refractivity contribution in [3.63, 3.8) is 0 Å². The summed E-state index contributed by atoms with van der Waals surface area (Å²) in [6.45, 7) is 3.04. The van der Waals surface area contributed by atoms with E-state index in [1.54, 1.807) is 50.3 Å². The van der Waals surface area contributed by atoms with E-state index in [0.29, 0.717) is 24.0 Å². The smallest absolute Gasteiger partial charge is 0.328 e. The van der Waals surface area contributed by atoms with Gasteiger partial charge in [-0.1, -0.05) is 24.8 Å². The van der Waals surface area contributed by atoms with Crippen molar-refractivity contribution < 1.29 is 24.9 Å². The number of nitrogens with one attached hydrogen (secondary N) is 1. The molecule has 6 N–H and O–H groups in total. The summed E-state index contributed by atoms with van der Waals surface area (Å²) >= 11 is 0. The third-order valence-corrected chi connectivity index (χ3v) is 4.13. The van der Waals surface area contributed by atoms with Crippen LogP contribution in [0, 0.1) is 11.8 Å². The molecule has 1 amide bonds. The van der Waals surface area contributed by atoms with Gasteiger partial charge in [-0.2, -0.15) is 0 Å². The molecule has 0 aliphatic heterocycles. The molecule has 0 heterocycles. The third kappa shape index (κ3) is 7.23. The van der Waals surface area contributed by atoms with Crippen molar-refractivity contribution in [3.8, 4) is 11.8 Å². The standard InChI is InChI=1S/C20H26N2O5/c1-3-20(2,21)17(19(26)27)22-18(25)15-11-9-14(10-12-15)7-5-4-6-8-16(24)13-23/h4,6,9-12,16-17,23-24H,3,8,13,21H2,1-2H3,(H,22,25)(H,26,27)/b6-4+/t16?,17-,20?/m1/s1. The van der Waals surface area contributed by atoms with E-state index in [9.17, 15) is 19.8 Å². The fourth-order valence-electron chi connectivity index (χ4n) is 2.12. The molecule has 1 rings (SSSR count). The van der Waals surface area contributed by atoms with Crippen molar-refractivity contribution in [2.75, 3.05) is 6.61 Å². The van der Waals surface area contributed by atoms with Gasteiger partial charge < -0.3 is 26.4 Å². The summed E-state index contributed by atoms with van der Waals surface area (Å²) in [5.74, 6) is 3.95. The van der Waals surface area contributed by atoms with Crippen LogP contribution in [0.25, 0.3) is 0 Å². The lowest BCUT2D eigenvalue weighted by atomic mass is 9.90. The van der Waals surface area contributed by atoms with Crippen LogP contribution >= 0.6 is 0 Å². The first-order valence-electron chi connectivity index (χ1n) is 8.59. The lowest BCUT2D eigenvalue weighted by Gasteiger charge is -2.30. The van der Waals surface area contributed by atoms with E-state index in [1.165, 1.54) is 0 Å². The number of hydrogen-bond donors (Lipinski definition) is 5. The minimum absolute atomic E-state index is 0.300. The molecule has 7 heteroatoms. The second kappa shape index (κ2) is 10.5. The molecule has 1 aromatic carbocycles. The van der Waals surface area contributed by atoms with E-state index in [0.717, 1.165) is 0 Å². The average Bonchev–Trinajstić information content (AvgIpc) is 2.65. The van der Waals surface area contributed by atoms with Gasteiger partial charge in [0.2, 0.25) is 0 Å². The van der Waals surface area contributed by atoms with Gasteiger partial charge in [-0.3, -0.25) is 4.79 Å². The lowest BCUT2D eigenvalue weighted by Crippen LogP contribution is -2.60. The molecule has 27 heavy (non-hydrogen) atoms. The molecule has 0 radical (unpaired) electrons. The summed E-state index contributed by atoms with van der Waals surface area (Å²) in [5.41, 5.74) is 5.88. The van der Waals surface area contributed by atoms with Crippen molar-refractivity contribution in [2.45, 2.75) is 44.4 Å². The van der Waals surface area contributed by atoms with Gasteiger partial charge in [-0.05, 0) is 50.1 Å². The highest BCUT2D eigenvalue weighted by Crippen LogP contribution is 2.13. The highest BCUT2D eigenvalue weighted by Gasteiger charge is 2.35. The van der Waals surface area contributed by atoms with Crippen LogP contribution in [-0.4, -0.2) is 51.5 Å². The van der Waals surface area contributed by atoms with E-state index in [-0.39, 0.29) is 6.61 Å². The first kappa shape index (κ1) is 22.4. The first-order chi connectivity index (χ1) is 12.7. The minimum atomic E-state index is -1.20. The molecular formula is C20H26N2O5. The van der Waals surface area contributed by atoms with E-state index in [4.69, 9.17) is 10.8 Å². The average molecular weight is 374 g/mol. The zero-order valence-corrected chi connectivity index (χ0v) is 15.5. The summed E-state index contributed by atoms with van der Waals surface area (Å²) in [6.07, 6.45) is 3.14. The number of carbonyl (C=O) groups excluding carboxylic acids is 1. The molecule has 0 saturated carbocycles. The fraction of sp³-hybridized carbons (Fsp3) is 0.400. The Labute approximate surface area is 158 Å². The van der Waals surface area contributed by atoms with Crippen molar-refractivity contribution in [1.29, 1.82) is 0 Å². The number of carboxylic acids is 1. The molecule has 0 aliphatic rings. The van der Waals surface area contributed by atoms with Crippen molar-refractivity contribution in [1.82, 2.24) is 5.32 Å². The molecule has 2 unspecified atom stereocenters. The maximum Gasteiger partial charge on any atom is 0.328 e. The number of hydrogen-bond acceptors (Lipinski definition) is 5. The Kier molecular flexibility index (Phi) is 8.69. The molecule has 0 aromatic heterocycles. The van der Waals surface area contributed by atoms with Gasteiger partial charge in [0.15, 0.2) is 0 Å². The van der Waals surface area contributed by atoms with Crippen LogP contribution in [0.3, 0.4) is 0 Å². The van der Waals surface area contributed by atoms with Gasteiger partial charge in [-0.25, -0.2) is 4.79 Å². The molecule has 146 valence electrons. The van der Waals surface area contributed by atoms with Crippen molar-refractivity contribution in [3.05, 3.63) is 47.5 Å². The Hall–Kier alpha value is -2.66. The van der Waals surface area contributed by atoms with E-state index < -0.39 is 29.6 Å². The number of carbonyl (C=O) groups is 2. The third-order valence-electron chi connectivity index (χ3n) is 4.13. The van der Waals surface area contributed by atoms with E-state index >= 15 is 0 Å². The largest absolute Gasteiger partial charge is 0.480 e. The Bertz CT molecular complexity index is 729. The van der Waals surface area contributed by atoms with Crippen LogP contribution in [0.1, 0.15) is 42.6 Å². The number of aliphatic hydroxyl groups excluding tert-OH is 2. The summed E-state index contributed by atoms with van der Waals surface area (Å²) in [4.78, 5) is 23.7. The molecule has 7 nitrogen and oxygen atoms in total. The van der Waals surface area contributed by atoms with E-state index in [2.05, 4.69) is 17.2 Å². The molecule has 3 atom stereocenters. The van der Waals surface area contributed by atoms with Gasteiger partial charge in [0.25, 0.3) is 5.91 Å². The van der Waals surface area contributed by atoms with Crippen molar-refractivity contribution in [2.24, 2.45) is 5.73 Å². The normalized spacial score (nSPS) is 15.3. The highest BCUT2D eigenvalue weighted by molar-refractivity contribution is 5.97.